The van der Waals surface area contributed by atoms with Crippen LogP contribution in [0.4, 0.5) is 45.5 Å². The predicted molar refractivity (Wildman–Crippen MR) is 547 cm³/mol. The normalized spacial score (nSPS) is 11.6. The molecular formula is C115H174N8O4. The molecule has 12 heteroatoms. The summed E-state index contributed by atoms with van der Waals surface area (Å²) in [4.78, 5) is 0. The highest BCUT2D eigenvalue weighted by atomic mass is 16.5. The zero-order valence-electron chi connectivity index (χ0n) is 84.1. The van der Waals surface area contributed by atoms with Gasteiger partial charge in [0.15, 0.2) is 0 Å². The molecule has 0 fully saturated rings. The number of rotatable bonds is 57. The maximum Gasteiger partial charge on any atom is 0.122 e. The van der Waals surface area contributed by atoms with Gasteiger partial charge in [-0.2, -0.15) is 40.9 Å². The van der Waals surface area contributed by atoms with Crippen molar-refractivity contribution < 1.29 is 18.9 Å². The van der Waals surface area contributed by atoms with Crippen molar-refractivity contribution >= 4 is 45.5 Å². The van der Waals surface area contributed by atoms with Crippen molar-refractivity contribution in [3.8, 4) is 23.0 Å². The molecule has 0 atom stereocenters. The molecular weight excluding hydrogens is 1560 g/mol. The number of unbranched alkanes of at least 4 members (excludes halogenated alkanes) is 36. The molecule has 698 valence electrons. The van der Waals surface area contributed by atoms with E-state index in [0.717, 1.165) is 165 Å². The van der Waals surface area contributed by atoms with E-state index in [1.165, 1.54) is 265 Å². The number of nitrogens with zero attached hydrogens (tertiary/aromatic N) is 8. The lowest BCUT2D eigenvalue weighted by atomic mass is 9.84. The summed E-state index contributed by atoms with van der Waals surface area (Å²) >= 11 is 0. The van der Waals surface area contributed by atoms with Crippen molar-refractivity contribution in [2.24, 2.45) is 40.9 Å². The molecule has 0 aliphatic heterocycles. The fourth-order valence-electron chi connectivity index (χ4n) is 16.3. The number of ether oxygens (including phenoxy) is 4. The number of hydrogen-bond acceptors (Lipinski definition) is 12. The average molecular weight is 1730 g/mol. The second kappa shape index (κ2) is 65.0. The van der Waals surface area contributed by atoms with Crippen LogP contribution in [0.5, 0.6) is 23.0 Å². The van der Waals surface area contributed by atoms with Crippen molar-refractivity contribution in [1.82, 2.24) is 0 Å². The van der Waals surface area contributed by atoms with E-state index >= 15 is 0 Å². The highest BCUT2D eigenvalue weighted by Crippen LogP contribution is 2.37. The van der Waals surface area contributed by atoms with Crippen LogP contribution in [-0.2, 0) is 5.41 Å². The summed E-state index contributed by atoms with van der Waals surface area (Å²) in [5.74, 6) is 4.29. The first-order valence-corrected chi connectivity index (χ1v) is 50.3. The minimum Gasteiger partial charge on any atom is -0.494 e. The summed E-state index contributed by atoms with van der Waals surface area (Å²) in [5.41, 5.74) is 24.1. The first kappa shape index (κ1) is 109. The van der Waals surface area contributed by atoms with Crippen LogP contribution >= 0.6 is 0 Å². The summed E-state index contributed by atoms with van der Waals surface area (Å²) in [6.07, 6.45) is 53.7. The highest BCUT2D eigenvalue weighted by Gasteiger charge is 2.18. The van der Waals surface area contributed by atoms with Gasteiger partial charge in [-0.05, 0) is 284 Å². The van der Waals surface area contributed by atoms with Gasteiger partial charge < -0.3 is 18.9 Å². The van der Waals surface area contributed by atoms with Crippen LogP contribution in [0.1, 0.15) is 403 Å². The van der Waals surface area contributed by atoms with Gasteiger partial charge in [-0.25, -0.2) is 0 Å². The molecule has 127 heavy (non-hydrogen) atoms. The van der Waals surface area contributed by atoms with Gasteiger partial charge in [0.25, 0.3) is 0 Å². The van der Waals surface area contributed by atoms with Gasteiger partial charge in [0.1, 0.15) is 23.0 Å². The Bertz CT molecular complexity index is 4400. The Kier molecular flexibility index (Phi) is 55.7. The zero-order chi connectivity index (χ0) is 92.2. The third kappa shape index (κ3) is 46.5. The molecule has 0 heterocycles. The summed E-state index contributed by atoms with van der Waals surface area (Å²) < 4.78 is 24.1. The Labute approximate surface area is 775 Å². The van der Waals surface area contributed by atoms with Gasteiger partial charge in [-0.1, -0.05) is 341 Å². The fourth-order valence-corrected chi connectivity index (χ4v) is 16.3. The quantitative estimate of drug-likeness (QED) is 0.0277. The second-order valence-electron chi connectivity index (χ2n) is 37.7. The van der Waals surface area contributed by atoms with E-state index in [1.807, 2.05) is 54.6 Å². The highest BCUT2D eigenvalue weighted by molar-refractivity contribution is 5.58. The zero-order valence-corrected chi connectivity index (χ0v) is 84.1. The molecule has 0 spiro atoms. The van der Waals surface area contributed by atoms with E-state index in [9.17, 15) is 0 Å². The monoisotopic (exact) mass is 1730 g/mol. The first-order valence-electron chi connectivity index (χ1n) is 50.3. The van der Waals surface area contributed by atoms with Gasteiger partial charge in [0, 0.05) is 0 Å². The molecule has 0 amide bonds. The molecule has 0 aliphatic carbocycles. The van der Waals surface area contributed by atoms with Crippen LogP contribution < -0.4 is 18.9 Å². The van der Waals surface area contributed by atoms with Gasteiger partial charge in [-0.3, -0.25) is 0 Å². The van der Waals surface area contributed by atoms with Crippen LogP contribution in [0.25, 0.3) is 0 Å². The predicted octanol–water partition coefficient (Wildman–Crippen LogP) is 39.7. The van der Waals surface area contributed by atoms with E-state index in [0.29, 0.717) is 5.92 Å². The standard InChI is InChI=1S/2C30H46N2O.C28H42N2O.C27H40N2O/c1-7-8-9-10-11-12-13-14-15-16-21-33-29-20-19-26(22-25(29)3)31-32-27-18-17-24(2)28(23-27)30(4,5)6;1-7-8-9-10-11-12-13-14-15-16-19-33-30-18-17-27(21-26(30)6)31-32-29-22-28(23(2)3)24(4)20-25(29)5;1-6-7-8-9-10-11-12-13-14-15-18-31-27-17-16-26(21-23(27)3)29-30-28-24(4)19-22(2)20-25(28)5;1-5-6-7-8-9-10-11-12-13-14-19-30-26-20-23(3)27(24(4)21-26)29-28-25-17-15-22(2)16-18-25/h17-20,22-23H,7-16,21H2,1-6H3;17-18,20-23H,7-16,19H2,1-6H3;16-17,19-21H,6-15,18H2,1-5H3;15-18,20-21H,5-14,19H2,1-4H3. The Balaban J connectivity index is 0.000000300. The summed E-state index contributed by atoms with van der Waals surface area (Å²) in [6.45, 7) is 48.6. The maximum absolute atomic E-state index is 6.03. The van der Waals surface area contributed by atoms with Gasteiger partial charge in [0.2, 0.25) is 0 Å². The lowest BCUT2D eigenvalue weighted by molar-refractivity contribution is 0.302. The number of azo groups is 4. The van der Waals surface area contributed by atoms with Gasteiger partial charge >= 0.3 is 0 Å². The van der Waals surface area contributed by atoms with Crippen molar-refractivity contribution in [1.29, 1.82) is 0 Å². The molecule has 0 N–H and O–H groups in total. The largest absolute Gasteiger partial charge is 0.494 e. The minimum atomic E-state index is 0.0967. The van der Waals surface area contributed by atoms with Crippen LogP contribution in [0, 0.1) is 83.1 Å². The SMILES string of the molecule is CCCCCCCCCCCCOc1cc(C)c(N=Nc2ccc(C)cc2)c(C)c1.CCCCCCCCCCCCOc1ccc(N=Nc2c(C)cc(C)cc2C)cc1C.CCCCCCCCCCCCOc1ccc(N=Nc2cc(C(C)C)c(C)cc2C)cc1C.CCCCCCCCCCCCOc1ccc(N=Nc2ccc(C)c(C(C)(C)C)c2)cc1C. The topological polar surface area (TPSA) is 136 Å². The molecule has 0 saturated carbocycles. The third-order valence-electron chi connectivity index (χ3n) is 24.0. The molecule has 0 radical (unpaired) electrons. The van der Waals surface area contributed by atoms with E-state index < -0.39 is 0 Å². The molecule has 8 rings (SSSR count). The van der Waals surface area contributed by atoms with Crippen molar-refractivity contribution in [3.63, 3.8) is 0 Å². The van der Waals surface area contributed by atoms with Crippen LogP contribution in [0.2, 0.25) is 0 Å². The van der Waals surface area contributed by atoms with Crippen molar-refractivity contribution in [3.05, 3.63) is 211 Å². The van der Waals surface area contributed by atoms with Crippen LogP contribution in [-0.4, -0.2) is 26.4 Å². The molecule has 0 aliphatic rings. The second-order valence-corrected chi connectivity index (χ2v) is 37.7. The number of benzene rings is 8. The third-order valence-corrected chi connectivity index (χ3v) is 24.0. The van der Waals surface area contributed by atoms with E-state index in [2.05, 4.69) is 265 Å². The van der Waals surface area contributed by atoms with E-state index in [-0.39, 0.29) is 5.41 Å². The van der Waals surface area contributed by atoms with E-state index in [4.69, 9.17) is 18.9 Å². The summed E-state index contributed by atoms with van der Waals surface area (Å²) in [7, 11) is 0. The van der Waals surface area contributed by atoms with Gasteiger partial charge in [0.05, 0.1) is 71.9 Å². The summed E-state index contributed by atoms with van der Waals surface area (Å²) in [5, 5.41) is 35.8. The molecule has 0 saturated heterocycles. The van der Waals surface area contributed by atoms with Crippen LogP contribution in [0.15, 0.2) is 174 Å². The Morgan fingerprint density at radius 3 is 0.866 bits per heavy atom. The van der Waals surface area contributed by atoms with Crippen molar-refractivity contribution in [2.45, 2.75) is 414 Å². The number of hydrogen-bond donors (Lipinski definition) is 0. The molecule has 12 nitrogen and oxygen atoms in total. The minimum absolute atomic E-state index is 0.0967. The van der Waals surface area contributed by atoms with E-state index in [1.54, 1.807) is 0 Å². The molecule has 0 aromatic heterocycles. The lowest BCUT2D eigenvalue weighted by Crippen LogP contribution is -2.12. The Morgan fingerprint density at radius 2 is 0.528 bits per heavy atom. The van der Waals surface area contributed by atoms with Crippen LogP contribution in [0.3, 0.4) is 0 Å². The average Bonchev–Trinajstić information content (AvgIpc) is 0.838. The molecule has 0 bridgehead atoms. The maximum atomic E-state index is 6.03. The van der Waals surface area contributed by atoms with Gasteiger partial charge in [-0.15, -0.1) is 0 Å². The molecule has 0 unspecified atom stereocenters. The Hall–Kier alpha value is -8.64. The fraction of sp³-hybridized carbons (Fsp3) is 0.583. The molecule has 8 aromatic carbocycles. The smallest absolute Gasteiger partial charge is 0.122 e. The van der Waals surface area contributed by atoms with Crippen molar-refractivity contribution in [2.75, 3.05) is 26.4 Å². The first-order chi connectivity index (χ1) is 61.3. The summed E-state index contributed by atoms with van der Waals surface area (Å²) in [6, 6.07) is 45.5. The molecule has 8 aromatic rings. The number of aryl methyl sites for hydroxylation is 12. The lowest BCUT2D eigenvalue weighted by Gasteiger charge is -2.21. The Morgan fingerprint density at radius 1 is 0.236 bits per heavy atom.